The van der Waals surface area contributed by atoms with Crippen LogP contribution >= 0.6 is 0 Å². The molecule has 36 heavy (non-hydrogen) atoms. The van der Waals surface area contributed by atoms with Crippen LogP contribution in [0.15, 0.2) is 16.5 Å². The second-order valence-electron chi connectivity index (χ2n) is 14.2. The van der Waals surface area contributed by atoms with E-state index in [1.807, 2.05) is 26.8 Å². The minimum atomic E-state index is -0.0753. The van der Waals surface area contributed by atoms with E-state index in [0.717, 1.165) is 35.9 Å². The van der Waals surface area contributed by atoms with Crippen LogP contribution in [0.3, 0.4) is 0 Å². The molecule has 2 aromatic heterocycles. The third-order valence-corrected chi connectivity index (χ3v) is 7.09. The van der Waals surface area contributed by atoms with E-state index < -0.39 is 0 Å². The standard InChI is InChI=1S/C23H33NO2.C9H18O/c1-14(2)20(25)19-13-18-21(26-19)16(22(3,4)5)12-17(24-18)15-8-10-23(6,7)11-9-15;1-5-6-8(10)7-9(2,3)4/h12-15H,8-11H2,1-7H3;5-7H2,1-4H3. The van der Waals surface area contributed by atoms with Gasteiger partial charge in [0.2, 0.25) is 5.78 Å². The third kappa shape index (κ3) is 8.56. The molecule has 0 amide bonds. The van der Waals surface area contributed by atoms with Crippen molar-refractivity contribution < 1.29 is 14.0 Å². The molecule has 1 aliphatic carbocycles. The van der Waals surface area contributed by atoms with Crippen LogP contribution in [0.4, 0.5) is 0 Å². The summed E-state index contributed by atoms with van der Waals surface area (Å²) in [7, 11) is 0. The summed E-state index contributed by atoms with van der Waals surface area (Å²) in [6.07, 6.45) is 7.30. The number of Topliss-reactive ketones (excluding diaryl/α,β-unsaturated/α-hetero) is 2. The number of pyridine rings is 1. The highest BCUT2D eigenvalue weighted by Gasteiger charge is 2.31. The first-order valence-corrected chi connectivity index (χ1v) is 13.9. The maximum atomic E-state index is 12.4. The third-order valence-electron chi connectivity index (χ3n) is 7.09. The Bertz CT molecular complexity index is 1030. The molecular weight excluding hydrogens is 446 g/mol. The first kappa shape index (κ1) is 30.3. The van der Waals surface area contributed by atoms with Gasteiger partial charge in [-0.1, -0.05) is 76.2 Å². The van der Waals surface area contributed by atoms with Gasteiger partial charge in [-0.25, -0.2) is 4.98 Å². The summed E-state index contributed by atoms with van der Waals surface area (Å²) >= 11 is 0. The summed E-state index contributed by atoms with van der Waals surface area (Å²) in [6, 6.07) is 4.08. The Hall–Kier alpha value is -1.97. The molecule has 0 unspecified atom stereocenters. The summed E-state index contributed by atoms with van der Waals surface area (Å²) in [5, 5.41) is 0. The SMILES string of the molecule is CC(C)C(=O)c1cc2nc(C3CCC(C)(C)CC3)cc(C(C)(C)C)c2o1.CCCC(=O)CC(C)(C)C. The average Bonchev–Trinajstić information content (AvgIpc) is 3.15. The van der Waals surface area contributed by atoms with Crippen molar-refractivity contribution in [2.75, 3.05) is 0 Å². The molecule has 0 spiro atoms. The van der Waals surface area contributed by atoms with E-state index in [-0.39, 0.29) is 22.5 Å². The fourth-order valence-electron chi connectivity index (χ4n) is 4.87. The van der Waals surface area contributed by atoms with Crippen molar-refractivity contribution in [1.29, 1.82) is 0 Å². The first-order valence-electron chi connectivity index (χ1n) is 13.9. The minimum Gasteiger partial charge on any atom is -0.451 e. The number of carbonyl (C=O) groups is 2. The molecule has 0 aliphatic heterocycles. The van der Waals surface area contributed by atoms with E-state index in [9.17, 15) is 9.59 Å². The van der Waals surface area contributed by atoms with Crippen LogP contribution in [0.5, 0.6) is 0 Å². The zero-order chi connectivity index (χ0) is 27.5. The van der Waals surface area contributed by atoms with Gasteiger partial charge in [0.25, 0.3) is 0 Å². The van der Waals surface area contributed by atoms with E-state index in [2.05, 4.69) is 61.5 Å². The maximum Gasteiger partial charge on any atom is 0.200 e. The van der Waals surface area contributed by atoms with Gasteiger partial charge in [-0.15, -0.1) is 0 Å². The lowest BCUT2D eigenvalue weighted by atomic mass is 9.72. The molecule has 0 atom stereocenters. The first-order chi connectivity index (χ1) is 16.4. The molecule has 2 aromatic rings. The second-order valence-corrected chi connectivity index (χ2v) is 14.2. The zero-order valence-electron chi connectivity index (χ0n) is 24.9. The van der Waals surface area contributed by atoms with Gasteiger partial charge in [-0.2, -0.15) is 0 Å². The Morgan fingerprint density at radius 2 is 1.64 bits per heavy atom. The summed E-state index contributed by atoms with van der Waals surface area (Å²) < 4.78 is 6.01. The van der Waals surface area contributed by atoms with Crippen LogP contribution in [-0.4, -0.2) is 16.6 Å². The summed E-state index contributed by atoms with van der Waals surface area (Å²) in [5.41, 5.74) is 4.50. The summed E-state index contributed by atoms with van der Waals surface area (Å²) in [6.45, 7) is 23.5. The predicted octanol–water partition coefficient (Wildman–Crippen LogP) is 9.44. The lowest BCUT2D eigenvalue weighted by molar-refractivity contribution is -0.120. The Morgan fingerprint density at radius 3 is 2.11 bits per heavy atom. The number of aromatic nitrogens is 1. The van der Waals surface area contributed by atoms with Gasteiger partial charge in [0.05, 0.1) is 0 Å². The highest BCUT2D eigenvalue weighted by molar-refractivity contribution is 5.98. The van der Waals surface area contributed by atoms with Gasteiger partial charge >= 0.3 is 0 Å². The van der Waals surface area contributed by atoms with Crippen molar-refractivity contribution in [3.63, 3.8) is 0 Å². The van der Waals surface area contributed by atoms with Gasteiger partial charge in [-0.05, 0) is 54.4 Å². The van der Waals surface area contributed by atoms with E-state index in [0.29, 0.717) is 22.9 Å². The molecule has 0 bridgehead atoms. The molecular formula is C32H51NO3. The molecule has 4 nitrogen and oxygen atoms in total. The van der Waals surface area contributed by atoms with E-state index in [1.54, 1.807) is 0 Å². The van der Waals surface area contributed by atoms with E-state index in [1.165, 1.54) is 31.4 Å². The quantitative estimate of drug-likeness (QED) is 0.373. The van der Waals surface area contributed by atoms with Crippen molar-refractivity contribution >= 4 is 22.7 Å². The van der Waals surface area contributed by atoms with Crippen molar-refractivity contribution in [2.45, 2.75) is 132 Å². The Labute approximate surface area is 220 Å². The van der Waals surface area contributed by atoms with Crippen molar-refractivity contribution in [3.8, 4) is 0 Å². The van der Waals surface area contributed by atoms with Crippen LogP contribution in [0.25, 0.3) is 11.1 Å². The van der Waals surface area contributed by atoms with Gasteiger partial charge in [-0.3, -0.25) is 9.59 Å². The van der Waals surface area contributed by atoms with Crippen LogP contribution in [-0.2, 0) is 10.2 Å². The number of fused-ring (bicyclic) bond motifs is 1. The Morgan fingerprint density at radius 1 is 1.06 bits per heavy atom. The molecule has 202 valence electrons. The number of hydrogen-bond donors (Lipinski definition) is 0. The molecule has 0 saturated heterocycles. The summed E-state index contributed by atoms with van der Waals surface area (Å²) in [5.74, 6) is 1.31. The monoisotopic (exact) mass is 497 g/mol. The van der Waals surface area contributed by atoms with Gasteiger partial charge in [0, 0.05) is 42.0 Å². The molecule has 0 N–H and O–H groups in total. The predicted molar refractivity (Wildman–Crippen MR) is 151 cm³/mol. The van der Waals surface area contributed by atoms with Crippen molar-refractivity contribution in [3.05, 3.63) is 29.2 Å². The maximum absolute atomic E-state index is 12.4. The molecule has 0 aromatic carbocycles. The number of ketones is 2. The van der Waals surface area contributed by atoms with Crippen molar-refractivity contribution in [2.24, 2.45) is 16.7 Å². The zero-order valence-corrected chi connectivity index (χ0v) is 24.9. The highest BCUT2D eigenvalue weighted by atomic mass is 16.3. The fraction of sp³-hybridized carbons (Fsp3) is 0.719. The van der Waals surface area contributed by atoms with Crippen LogP contribution in [0.2, 0.25) is 0 Å². The van der Waals surface area contributed by atoms with Gasteiger partial charge in [0.1, 0.15) is 11.3 Å². The molecule has 3 rings (SSSR count). The summed E-state index contributed by atoms with van der Waals surface area (Å²) in [4.78, 5) is 28.4. The Balaban J connectivity index is 0.000000388. The van der Waals surface area contributed by atoms with Crippen LogP contribution in [0.1, 0.15) is 149 Å². The molecule has 2 heterocycles. The second kappa shape index (κ2) is 11.6. The molecule has 1 fully saturated rings. The number of rotatable bonds is 6. The number of hydrogen-bond acceptors (Lipinski definition) is 4. The molecule has 0 radical (unpaired) electrons. The van der Waals surface area contributed by atoms with Crippen molar-refractivity contribution in [1.82, 2.24) is 4.98 Å². The largest absolute Gasteiger partial charge is 0.451 e. The normalized spacial score (nSPS) is 16.7. The van der Waals surface area contributed by atoms with Crippen LogP contribution < -0.4 is 0 Å². The van der Waals surface area contributed by atoms with E-state index in [4.69, 9.17) is 9.40 Å². The molecule has 1 aliphatic rings. The Kier molecular flexibility index (Phi) is 9.76. The highest BCUT2D eigenvalue weighted by Crippen LogP contribution is 2.43. The lowest BCUT2D eigenvalue weighted by Crippen LogP contribution is -2.21. The van der Waals surface area contributed by atoms with Gasteiger partial charge < -0.3 is 4.42 Å². The van der Waals surface area contributed by atoms with E-state index >= 15 is 0 Å². The van der Waals surface area contributed by atoms with Crippen LogP contribution in [0, 0.1) is 16.7 Å². The van der Waals surface area contributed by atoms with Gasteiger partial charge in [0.15, 0.2) is 11.3 Å². The number of nitrogens with zero attached hydrogens (tertiary/aromatic N) is 1. The topological polar surface area (TPSA) is 60.2 Å². The fourth-order valence-corrected chi connectivity index (χ4v) is 4.87. The molecule has 4 heteroatoms. The molecule has 1 saturated carbocycles. The number of furan rings is 1. The average molecular weight is 498 g/mol. The lowest BCUT2D eigenvalue weighted by Gasteiger charge is -2.34. The smallest absolute Gasteiger partial charge is 0.200 e. The minimum absolute atomic E-state index is 0.0452. The number of carbonyl (C=O) groups excluding carboxylic acids is 2.